The topological polar surface area (TPSA) is 29.3 Å². The molecule has 1 aliphatic heterocycles. The van der Waals surface area contributed by atoms with Gasteiger partial charge in [0.25, 0.3) is 0 Å². The Hall–Kier alpha value is -0.570. The maximum absolute atomic E-state index is 10.9. The largest absolute Gasteiger partial charge is 0.465 e. The molecule has 1 aliphatic rings. The fourth-order valence-corrected chi connectivity index (χ4v) is 0.940. The monoisotopic (exact) mass is 157 g/mol. The highest BCUT2D eigenvalue weighted by atomic mass is 16.5. The molecule has 0 spiro atoms. The Balaban J connectivity index is 2.02. The number of hydrogen-bond acceptors (Lipinski definition) is 3. The van der Waals surface area contributed by atoms with E-state index in [1.54, 1.807) is 0 Å². The van der Waals surface area contributed by atoms with Gasteiger partial charge in [0, 0.05) is 12.6 Å². The van der Waals surface area contributed by atoms with Gasteiger partial charge in [0.05, 0.1) is 13.2 Å². The first-order chi connectivity index (χ1) is 5.24. The Labute approximate surface area is 67.3 Å². The molecule has 0 bridgehead atoms. The number of esters is 1. The number of carbonyl (C=O) groups excluding carboxylic acids is 1. The second-order valence-electron chi connectivity index (χ2n) is 3.00. The third-order valence-corrected chi connectivity index (χ3v) is 1.79. The molecule has 3 heteroatoms. The Morgan fingerprint density at radius 3 is 2.82 bits per heavy atom. The summed E-state index contributed by atoms with van der Waals surface area (Å²) in [5.74, 6) is -0.0869. The summed E-state index contributed by atoms with van der Waals surface area (Å²) in [6.07, 6.45) is 0.904. The van der Waals surface area contributed by atoms with Crippen molar-refractivity contribution < 1.29 is 9.53 Å². The van der Waals surface area contributed by atoms with Crippen molar-refractivity contribution in [2.45, 2.75) is 26.3 Å². The highest BCUT2D eigenvalue weighted by Gasteiger charge is 2.30. The highest BCUT2D eigenvalue weighted by Crippen LogP contribution is 2.14. The van der Waals surface area contributed by atoms with Gasteiger partial charge < -0.3 is 4.74 Å². The zero-order valence-corrected chi connectivity index (χ0v) is 7.17. The van der Waals surface area contributed by atoms with Crippen molar-refractivity contribution >= 4 is 5.97 Å². The molecule has 0 N–H and O–H groups in total. The van der Waals surface area contributed by atoms with Crippen LogP contribution in [0.3, 0.4) is 0 Å². The van der Waals surface area contributed by atoms with Crippen LogP contribution in [-0.4, -0.2) is 36.6 Å². The van der Waals surface area contributed by atoms with Gasteiger partial charge in [-0.2, -0.15) is 0 Å². The Bertz CT molecular complexity index is 147. The first kappa shape index (κ1) is 8.53. The van der Waals surface area contributed by atoms with E-state index in [9.17, 15) is 4.79 Å². The maximum Gasteiger partial charge on any atom is 0.320 e. The Morgan fingerprint density at radius 1 is 1.73 bits per heavy atom. The van der Waals surface area contributed by atoms with Crippen molar-refractivity contribution in [3.05, 3.63) is 0 Å². The van der Waals surface area contributed by atoms with Gasteiger partial charge in [-0.05, 0) is 13.3 Å². The molecule has 1 rings (SSSR count). The second-order valence-corrected chi connectivity index (χ2v) is 3.00. The lowest BCUT2D eigenvalue weighted by Gasteiger charge is -2.02. The van der Waals surface area contributed by atoms with Crippen LogP contribution < -0.4 is 0 Å². The molecule has 0 aliphatic carbocycles. The first-order valence-electron chi connectivity index (χ1n) is 4.13. The number of rotatable bonds is 4. The normalized spacial score (nSPS) is 28.2. The fraction of sp³-hybridized carbons (Fsp3) is 0.875. The quantitative estimate of drug-likeness (QED) is 0.443. The smallest absolute Gasteiger partial charge is 0.320 e. The van der Waals surface area contributed by atoms with Crippen molar-refractivity contribution in [2.24, 2.45) is 0 Å². The summed E-state index contributed by atoms with van der Waals surface area (Å²) in [5, 5.41) is 0. The molecule has 1 heterocycles. The first-order valence-corrected chi connectivity index (χ1v) is 4.13. The van der Waals surface area contributed by atoms with Crippen LogP contribution in [0.15, 0.2) is 0 Å². The lowest BCUT2D eigenvalue weighted by Crippen LogP contribution is -2.17. The zero-order chi connectivity index (χ0) is 8.27. The minimum Gasteiger partial charge on any atom is -0.465 e. The molecular formula is C8H15NO2. The molecule has 1 fully saturated rings. The SMILES string of the molecule is CCCOC(=O)CN1CC1C. The van der Waals surface area contributed by atoms with Crippen molar-refractivity contribution in [3.8, 4) is 0 Å². The van der Waals surface area contributed by atoms with Gasteiger partial charge in [-0.15, -0.1) is 0 Å². The van der Waals surface area contributed by atoms with E-state index in [1.165, 1.54) is 0 Å². The van der Waals surface area contributed by atoms with Gasteiger partial charge in [-0.25, -0.2) is 0 Å². The summed E-state index contributed by atoms with van der Waals surface area (Å²) in [6.45, 7) is 6.17. The molecule has 2 atom stereocenters. The molecule has 2 unspecified atom stereocenters. The van der Waals surface area contributed by atoms with Gasteiger partial charge >= 0.3 is 5.97 Å². The molecule has 1 saturated heterocycles. The van der Waals surface area contributed by atoms with Crippen LogP contribution in [0.4, 0.5) is 0 Å². The van der Waals surface area contributed by atoms with Crippen LogP contribution in [0, 0.1) is 0 Å². The average molecular weight is 157 g/mol. The van der Waals surface area contributed by atoms with Crippen LogP contribution in [0.25, 0.3) is 0 Å². The standard InChI is InChI=1S/C8H15NO2/c1-3-4-11-8(10)6-9-5-7(9)2/h7H,3-6H2,1-2H3. The predicted molar refractivity (Wildman–Crippen MR) is 42.3 cm³/mol. The molecular weight excluding hydrogens is 142 g/mol. The van der Waals surface area contributed by atoms with E-state index in [-0.39, 0.29) is 5.97 Å². The lowest BCUT2D eigenvalue weighted by atomic mass is 10.5. The molecule has 0 radical (unpaired) electrons. The van der Waals surface area contributed by atoms with Crippen molar-refractivity contribution in [3.63, 3.8) is 0 Å². The summed E-state index contributed by atoms with van der Waals surface area (Å²) in [7, 11) is 0. The lowest BCUT2D eigenvalue weighted by molar-refractivity contribution is -0.143. The summed E-state index contributed by atoms with van der Waals surface area (Å²) in [5.41, 5.74) is 0. The van der Waals surface area contributed by atoms with E-state index in [0.717, 1.165) is 13.0 Å². The van der Waals surface area contributed by atoms with E-state index in [2.05, 4.69) is 11.8 Å². The Kier molecular flexibility index (Phi) is 2.88. The van der Waals surface area contributed by atoms with Crippen molar-refractivity contribution in [1.82, 2.24) is 4.90 Å². The third kappa shape index (κ3) is 2.89. The van der Waals surface area contributed by atoms with E-state index in [4.69, 9.17) is 4.74 Å². The molecule has 0 aromatic carbocycles. The molecule has 64 valence electrons. The van der Waals surface area contributed by atoms with Crippen LogP contribution in [0.1, 0.15) is 20.3 Å². The number of nitrogens with zero attached hydrogens (tertiary/aromatic N) is 1. The van der Waals surface area contributed by atoms with Gasteiger partial charge in [0.2, 0.25) is 0 Å². The van der Waals surface area contributed by atoms with E-state index < -0.39 is 0 Å². The molecule has 0 amide bonds. The minimum absolute atomic E-state index is 0.0869. The van der Waals surface area contributed by atoms with Crippen LogP contribution in [0.5, 0.6) is 0 Å². The maximum atomic E-state index is 10.9. The third-order valence-electron chi connectivity index (χ3n) is 1.79. The number of carbonyl (C=O) groups is 1. The molecule has 0 aromatic rings. The minimum atomic E-state index is -0.0869. The van der Waals surface area contributed by atoms with Crippen molar-refractivity contribution in [1.29, 1.82) is 0 Å². The summed E-state index contributed by atoms with van der Waals surface area (Å²) >= 11 is 0. The average Bonchev–Trinajstić information content (AvgIpc) is 2.62. The van der Waals surface area contributed by atoms with Crippen LogP contribution in [0.2, 0.25) is 0 Å². The predicted octanol–water partition coefficient (Wildman–Crippen LogP) is 0.644. The van der Waals surface area contributed by atoms with Gasteiger partial charge in [0.15, 0.2) is 0 Å². The van der Waals surface area contributed by atoms with E-state index in [0.29, 0.717) is 19.2 Å². The molecule has 0 aromatic heterocycles. The fourth-order valence-electron chi connectivity index (χ4n) is 0.940. The second kappa shape index (κ2) is 3.72. The van der Waals surface area contributed by atoms with Crippen LogP contribution in [-0.2, 0) is 9.53 Å². The molecule has 11 heavy (non-hydrogen) atoms. The van der Waals surface area contributed by atoms with Crippen LogP contribution >= 0.6 is 0 Å². The highest BCUT2D eigenvalue weighted by molar-refractivity contribution is 5.72. The summed E-state index contributed by atoms with van der Waals surface area (Å²) in [4.78, 5) is 13.0. The van der Waals surface area contributed by atoms with Crippen molar-refractivity contribution in [2.75, 3.05) is 19.7 Å². The Morgan fingerprint density at radius 2 is 2.36 bits per heavy atom. The van der Waals surface area contributed by atoms with E-state index >= 15 is 0 Å². The zero-order valence-electron chi connectivity index (χ0n) is 7.17. The summed E-state index contributed by atoms with van der Waals surface area (Å²) < 4.78 is 4.91. The molecule has 3 nitrogen and oxygen atoms in total. The van der Waals surface area contributed by atoms with Gasteiger partial charge in [-0.1, -0.05) is 6.92 Å². The van der Waals surface area contributed by atoms with Gasteiger partial charge in [-0.3, -0.25) is 9.69 Å². The van der Waals surface area contributed by atoms with E-state index in [1.807, 2.05) is 6.92 Å². The van der Waals surface area contributed by atoms with Gasteiger partial charge in [0.1, 0.15) is 0 Å². The number of hydrogen-bond donors (Lipinski definition) is 0. The summed E-state index contributed by atoms with van der Waals surface area (Å²) in [6, 6.07) is 0.587. The number of ether oxygens (including phenoxy) is 1. The molecule has 0 saturated carbocycles.